The number of rotatable bonds is 1. The third-order valence-corrected chi connectivity index (χ3v) is 3.68. The first-order valence-corrected chi connectivity index (χ1v) is 6.36. The van der Waals surface area contributed by atoms with Gasteiger partial charge in [0.2, 0.25) is 17.6 Å². The Morgan fingerprint density at radius 3 is 2.09 bits per heavy atom. The van der Waals surface area contributed by atoms with E-state index in [1.807, 2.05) is 5.32 Å². The summed E-state index contributed by atoms with van der Waals surface area (Å²) in [6.45, 7) is 0. The molecule has 2 N–H and O–H groups in total. The Bertz CT molecular complexity index is 761. The van der Waals surface area contributed by atoms with Crippen LogP contribution in [-0.4, -0.2) is 39.7 Å². The fraction of sp³-hybridized carbons (Fsp3) is 0.231. The van der Waals surface area contributed by atoms with Gasteiger partial charge in [-0.3, -0.25) is 29.4 Å². The van der Waals surface area contributed by atoms with E-state index < -0.39 is 64.0 Å². The lowest BCUT2D eigenvalue weighted by Gasteiger charge is -2.27. The second kappa shape index (κ2) is 4.80. The Balaban J connectivity index is 2.12. The first-order valence-electron chi connectivity index (χ1n) is 6.36. The van der Waals surface area contributed by atoms with Crippen LogP contribution in [0, 0.1) is 17.5 Å². The van der Waals surface area contributed by atoms with Gasteiger partial charge in [-0.25, -0.2) is 8.78 Å². The maximum Gasteiger partial charge on any atom is 0.265 e. The summed E-state index contributed by atoms with van der Waals surface area (Å²) in [4.78, 5) is 47.4. The third-order valence-electron chi connectivity index (χ3n) is 3.68. The molecule has 2 heterocycles. The Morgan fingerprint density at radius 1 is 0.957 bits per heavy atom. The predicted molar refractivity (Wildman–Crippen MR) is 64.7 cm³/mol. The fourth-order valence-electron chi connectivity index (χ4n) is 2.59. The number of halogens is 3. The van der Waals surface area contributed by atoms with Crippen LogP contribution in [0.25, 0.3) is 0 Å². The Labute approximate surface area is 125 Å². The normalized spacial score (nSPS) is 20.8. The number of phenolic OH excluding ortho intramolecular Hbond substituents is 1. The van der Waals surface area contributed by atoms with Gasteiger partial charge < -0.3 is 5.11 Å². The van der Waals surface area contributed by atoms with Crippen LogP contribution in [0.2, 0.25) is 0 Å². The highest BCUT2D eigenvalue weighted by molar-refractivity contribution is 6.23. The number of hydrogen-bond donors (Lipinski definition) is 2. The monoisotopic (exact) mass is 328 g/mol. The minimum Gasteiger partial charge on any atom is -0.503 e. The van der Waals surface area contributed by atoms with E-state index in [0.29, 0.717) is 0 Å². The molecule has 10 heteroatoms. The second-order valence-corrected chi connectivity index (χ2v) is 4.99. The topological polar surface area (TPSA) is 104 Å². The Kier molecular flexibility index (Phi) is 3.13. The average Bonchev–Trinajstić information content (AvgIpc) is 2.75. The van der Waals surface area contributed by atoms with E-state index in [4.69, 9.17) is 5.11 Å². The molecule has 7 nitrogen and oxygen atoms in total. The third kappa shape index (κ3) is 1.91. The lowest BCUT2D eigenvalue weighted by Crippen LogP contribution is -2.54. The maximum atomic E-state index is 13.9. The van der Waals surface area contributed by atoms with Crippen molar-refractivity contribution in [2.24, 2.45) is 0 Å². The molecule has 23 heavy (non-hydrogen) atoms. The van der Waals surface area contributed by atoms with Gasteiger partial charge >= 0.3 is 0 Å². The molecule has 1 fully saturated rings. The molecule has 120 valence electrons. The number of nitrogens with zero attached hydrogens (tertiary/aromatic N) is 1. The highest BCUT2D eigenvalue weighted by Gasteiger charge is 2.49. The first-order chi connectivity index (χ1) is 10.8. The van der Waals surface area contributed by atoms with Gasteiger partial charge in [0.1, 0.15) is 6.04 Å². The molecule has 0 aliphatic carbocycles. The number of carbonyl (C=O) groups excluding carboxylic acids is 4. The predicted octanol–water partition coefficient (Wildman–Crippen LogP) is 0.211. The average molecular weight is 328 g/mol. The van der Waals surface area contributed by atoms with Gasteiger partial charge in [0.25, 0.3) is 11.8 Å². The molecule has 3 rings (SSSR count). The van der Waals surface area contributed by atoms with Gasteiger partial charge in [-0.15, -0.1) is 0 Å². The van der Waals surface area contributed by atoms with Crippen molar-refractivity contribution >= 4 is 23.6 Å². The number of hydrogen-bond acceptors (Lipinski definition) is 5. The smallest absolute Gasteiger partial charge is 0.265 e. The van der Waals surface area contributed by atoms with Crippen LogP contribution in [0.15, 0.2) is 0 Å². The molecule has 4 amide bonds. The fourth-order valence-corrected chi connectivity index (χ4v) is 2.59. The number of aromatic hydroxyl groups is 1. The molecule has 2 aliphatic heterocycles. The largest absolute Gasteiger partial charge is 0.503 e. The molecule has 0 radical (unpaired) electrons. The standard InChI is InChI=1S/C13H7F3N2O5/c14-7-5-6(8(15)10(20)9(7)16)13(23)18(12(5)22)3-1-2-4(19)17-11(3)21/h3,20H,1-2H2,(H,17,19,21). The van der Waals surface area contributed by atoms with Crippen molar-refractivity contribution in [2.45, 2.75) is 18.9 Å². The Hall–Kier alpha value is -2.91. The summed E-state index contributed by atoms with van der Waals surface area (Å²) < 4.78 is 41.0. The van der Waals surface area contributed by atoms with Crippen LogP contribution < -0.4 is 5.32 Å². The van der Waals surface area contributed by atoms with E-state index in [0.717, 1.165) is 0 Å². The number of piperidine rings is 1. The number of imide groups is 2. The van der Waals surface area contributed by atoms with Crippen LogP contribution in [0.5, 0.6) is 5.75 Å². The van der Waals surface area contributed by atoms with Crippen molar-refractivity contribution in [3.8, 4) is 5.75 Å². The summed E-state index contributed by atoms with van der Waals surface area (Å²) in [5.74, 6) is -11.8. The summed E-state index contributed by atoms with van der Waals surface area (Å²) in [5.41, 5.74) is -2.33. The van der Waals surface area contributed by atoms with Gasteiger partial charge in [0, 0.05) is 6.42 Å². The second-order valence-electron chi connectivity index (χ2n) is 4.99. The first kappa shape index (κ1) is 15.0. The summed E-state index contributed by atoms with van der Waals surface area (Å²) in [7, 11) is 0. The van der Waals surface area contributed by atoms with Gasteiger partial charge in [-0.1, -0.05) is 0 Å². The van der Waals surface area contributed by atoms with Crippen LogP contribution in [0.3, 0.4) is 0 Å². The van der Waals surface area contributed by atoms with Crippen molar-refractivity contribution in [2.75, 3.05) is 0 Å². The van der Waals surface area contributed by atoms with E-state index >= 15 is 0 Å². The molecule has 1 aromatic rings. The van der Waals surface area contributed by atoms with Crippen molar-refractivity contribution in [3.05, 3.63) is 28.6 Å². The van der Waals surface area contributed by atoms with Crippen molar-refractivity contribution in [1.82, 2.24) is 10.2 Å². The molecular formula is C13H7F3N2O5. The van der Waals surface area contributed by atoms with E-state index in [1.165, 1.54) is 0 Å². The summed E-state index contributed by atoms with van der Waals surface area (Å²) in [5, 5.41) is 11.0. The minimum atomic E-state index is -2.01. The molecule has 0 bridgehead atoms. The SMILES string of the molecule is O=C1CCC(N2C(=O)c3c(F)c(O)c(F)c(F)c3C2=O)C(=O)N1. The van der Waals surface area contributed by atoms with Gasteiger partial charge in [0.15, 0.2) is 17.4 Å². The molecule has 0 saturated carbocycles. The number of amides is 4. The van der Waals surface area contributed by atoms with Gasteiger partial charge in [-0.2, -0.15) is 4.39 Å². The van der Waals surface area contributed by atoms with Crippen LogP contribution in [0.1, 0.15) is 33.6 Å². The van der Waals surface area contributed by atoms with Crippen molar-refractivity contribution < 1.29 is 37.5 Å². The summed E-state index contributed by atoms with van der Waals surface area (Å²) in [6, 6.07) is -1.45. The lowest BCUT2D eigenvalue weighted by atomic mass is 10.0. The van der Waals surface area contributed by atoms with Crippen LogP contribution in [-0.2, 0) is 9.59 Å². The van der Waals surface area contributed by atoms with E-state index in [2.05, 4.69) is 0 Å². The molecule has 1 saturated heterocycles. The van der Waals surface area contributed by atoms with Crippen molar-refractivity contribution in [1.29, 1.82) is 0 Å². The highest BCUT2D eigenvalue weighted by atomic mass is 19.2. The molecule has 2 aliphatic rings. The zero-order valence-electron chi connectivity index (χ0n) is 11.2. The zero-order valence-corrected chi connectivity index (χ0v) is 11.2. The minimum absolute atomic E-state index is 0.186. The van der Waals surface area contributed by atoms with E-state index in [1.54, 1.807) is 0 Å². The number of nitrogens with one attached hydrogen (secondary N) is 1. The number of fused-ring (bicyclic) bond motifs is 1. The lowest BCUT2D eigenvalue weighted by molar-refractivity contribution is -0.136. The number of phenols is 1. The maximum absolute atomic E-state index is 13.9. The molecule has 1 atom stereocenters. The molecular weight excluding hydrogens is 321 g/mol. The molecule has 1 unspecified atom stereocenters. The molecule has 0 spiro atoms. The van der Waals surface area contributed by atoms with E-state index in [-0.39, 0.29) is 17.7 Å². The highest BCUT2D eigenvalue weighted by Crippen LogP contribution is 2.36. The van der Waals surface area contributed by atoms with E-state index in [9.17, 15) is 32.3 Å². The van der Waals surface area contributed by atoms with Crippen LogP contribution in [0.4, 0.5) is 13.2 Å². The zero-order chi connectivity index (χ0) is 17.0. The summed E-state index contributed by atoms with van der Waals surface area (Å²) >= 11 is 0. The number of benzene rings is 1. The molecule has 1 aromatic carbocycles. The van der Waals surface area contributed by atoms with Gasteiger partial charge in [0.05, 0.1) is 11.1 Å². The van der Waals surface area contributed by atoms with Gasteiger partial charge in [-0.05, 0) is 6.42 Å². The van der Waals surface area contributed by atoms with Crippen LogP contribution >= 0.6 is 0 Å². The molecule has 0 aromatic heterocycles. The Morgan fingerprint density at radius 2 is 1.52 bits per heavy atom. The summed E-state index contributed by atoms with van der Waals surface area (Å²) in [6.07, 6.45) is -0.414. The quantitative estimate of drug-likeness (QED) is 0.567. The number of carbonyl (C=O) groups is 4. The van der Waals surface area contributed by atoms with Crippen molar-refractivity contribution in [3.63, 3.8) is 0 Å².